The summed E-state index contributed by atoms with van der Waals surface area (Å²) in [6.07, 6.45) is 1.68. The molecule has 1 aromatic carbocycles. The number of rotatable bonds is 8. The van der Waals surface area contributed by atoms with E-state index in [1.165, 1.54) is 0 Å². The number of nitrogens with zero attached hydrogens (tertiary/aromatic N) is 1. The molecule has 0 fully saturated rings. The van der Waals surface area contributed by atoms with Crippen molar-refractivity contribution in [1.29, 1.82) is 0 Å². The molecular formula is C16H19Cl2N2O3-. The normalized spacial score (nSPS) is 10.0. The van der Waals surface area contributed by atoms with Gasteiger partial charge in [0.1, 0.15) is 11.8 Å². The van der Waals surface area contributed by atoms with E-state index < -0.39 is 0 Å². The predicted octanol–water partition coefficient (Wildman–Crippen LogP) is -0.591. The van der Waals surface area contributed by atoms with Gasteiger partial charge in [-0.1, -0.05) is 23.7 Å². The summed E-state index contributed by atoms with van der Waals surface area (Å²) in [5.41, 5.74) is 1.99. The first-order chi connectivity index (χ1) is 10.7. The van der Waals surface area contributed by atoms with Gasteiger partial charge < -0.3 is 32.3 Å². The monoisotopic (exact) mass is 357 g/mol. The number of pyridine rings is 1. The Balaban J connectivity index is 0.00000264. The van der Waals surface area contributed by atoms with Crippen LogP contribution in [0.15, 0.2) is 36.5 Å². The molecule has 126 valence electrons. The number of ether oxygens (including phenoxy) is 2. The molecule has 0 aliphatic rings. The molecule has 0 spiro atoms. The fourth-order valence-electron chi connectivity index (χ4n) is 1.91. The Kier molecular flexibility index (Phi) is 8.73. The minimum atomic E-state index is 0. The summed E-state index contributed by atoms with van der Waals surface area (Å²) in [7, 11) is 1.61. The molecule has 0 radical (unpaired) electrons. The Morgan fingerprint density at radius 3 is 2.61 bits per heavy atom. The molecule has 0 unspecified atom stereocenters. The van der Waals surface area contributed by atoms with Crippen LogP contribution in [0.3, 0.4) is 0 Å². The highest BCUT2D eigenvalue weighted by Crippen LogP contribution is 2.28. The van der Waals surface area contributed by atoms with Gasteiger partial charge in [0.2, 0.25) is 0 Å². The molecular weight excluding hydrogens is 339 g/mol. The molecule has 0 amide bonds. The SMILES string of the molecule is COc1cc(CNCCO)ccc1OCc1ccc(Cl)nc1.[Cl-]. The van der Waals surface area contributed by atoms with Gasteiger partial charge >= 0.3 is 0 Å². The third-order valence-electron chi connectivity index (χ3n) is 3.03. The number of halogens is 2. The third kappa shape index (κ3) is 6.23. The molecule has 5 nitrogen and oxygen atoms in total. The first kappa shape index (κ1) is 19.5. The lowest BCUT2D eigenvalue weighted by Crippen LogP contribution is -3.00. The molecule has 0 bridgehead atoms. The number of methoxy groups -OCH3 is 1. The van der Waals surface area contributed by atoms with Crippen LogP contribution in [0.25, 0.3) is 0 Å². The third-order valence-corrected chi connectivity index (χ3v) is 3.25. The minimum absolute atomic E-state index is 0. The zero-order valence-corrected chi connectivity index (χ0v) is 14.3. The first-order valence-electron chi connectivity index (χ1n) is 6.94. The van der Waals surface area contributed by atoms with Gasteiger partial charge in [0, 0.05) is 24.8 Å². The average Bonchev–Trinajstić information content (AvgIpc) is 2.55. The quantitative estimate of drug-likeness (QED) is 0.488. The second kappa shape index (κ2) is 10.3. The summed E-state index contributed by atoms with van der Waals surface area (Å²) in [6, 6.07) is 9.35. The Morgan fingerprint density at radius 2 is 1.96 bits per heavy atom. The van der Waals surface area contributed by atoms with Crippen molar-refractivity contribution in [3.8, 4) is 11.5 Å². The number of hydrogen-bond acceptors (Lipinski definition) is 5. The molecule has 0 aliphatic carbocycles. The molecule has 7 heteroatoms. The van der Waals surface area contributed by atoms with Crippen molar-refractivity contribution in [3.63, 3.8) is 0 Å². The Bertz CT molecular complexity index is 594. The van der Waals surface area contributed by atoms with E-state index in [4.69, 9.17) is 26.2 Å². The van der Waals surface area contributed by atoms with Crippen LogP contribution in [0.4, 0.5) is 0 Å². The van der Waals surface area contributed by atoms with Crippen LogP contribution in [-0.4, -0.2) is 30.4 Å². The Morgan fingerprint density at radius 1 is 1.17 bits per heavy atom. The smallest absolute Gasteiger partial charge is 0.161 e. The first-order valence-corrected chi connectivity index (χ1v) is 7.32. The van der Waals surface area contributed by atoms with Crippen LogP contribution in [0.2, 0.25) is 5.15 Å². The van der Waals surface area contributed by atoms with Crippen LogP contribution in [0.1, 0.15) is 11.1 Å². The Labute approximate surface area is 147 Å². The lowest BCUT2D eigenvalue weighted by Gasteiger charge is -2.12. The van der Waals surface area contributed by atoms with Crippen molar-refractivity contribution in [2.75, 3.05) is 20.3 Å². The molecule has 2 rings (SSSR count). The molecule has 1 heterocycles. The zero-order valence-electron chi connectivity index (χ0n) is 12.8. The molecule has 0 aliphatic heterocycles. The summed E-state index contributed by atoms with van der Waals surface area (Å²) >= 11 is 5.75. The largest absolute Gasteiger partial charge is 1.00 e. The highest BCUT2D eigenvalue weighted by molar-refractivity contribution is 6.29. The molecule has 0 saturated carbocycles. The van der Waals surface area contributed by atoms with E-state index in [2.05, 4.69) is 10.3 Å². The van der Waals surface area contributed by atoms with Crippen LogP contribution in [0.5, 0.6) is 11.5 Å². The maximum absolute atomic E-state index is 8.76. The molecule has 0 atom stereocenters. The maximum Gasteiger partial charge on any atom is 0.161 e. The number of benzene rings is 1. The highest BCUT2D eigenvalue weighted by atomic mass is 35.5. The molecule has 2 N–H and O–H groups in total. The van der Waals surface area contributed by atoms with E-state index in [0.29, 0.717) is 36.3 Å². The van der Waals surface area contributed by atoms with Gasteiger partial charge in [0.25, 0.3) is 0 Å². The summed E-state index contributed by atoms with van der Waals surface area (Å²) < 4.78 is 11.1. The lowest BCUT2D eigenvalue weighted by molar-refractivity contribution is -0.00000613. The van der Waals surface area contributed by atoms with Crippen molar-refractivity contribution in [2.24, 2.45) is 0 Å². The van der Waals surface area contributed by atoms with Gasteiger partial charge in [-0.3, -0.25) is 0 Å². The van der Waals surface area contributed by atoms with Gasteiger partial charge in [-0.05, 0) is 23.8 Å². The standard InChI is InChI=1S/C16H19ClN2O3.ClH/c1-21-15-8-12(9-18-6-7-20)2-4-14(15)22-11-13-3-5-16(17)19-10-13;/h2-5,8,10,18,20H,6-7,9,11H2,1H3;1H/p-1. The van der Waals surface area contributed by atoms with Gasteiger partial charge in [-0.2, -0.15) is 0 Å². The Hall–Kier alpha value is -1.53. The van der Waals surface area contributed by atoms with E-state index in [1.54, 1.807) is 19.4 Å². The van der Waals surface area contributed by atoms with E-state index in [9.17, 15) is 0 Å². The molecule has 2 aromatic rings. The van der Waals surface area contributed by atoms with Crippen molar-refractivity contribution < 1.29 is 27.0 Å². The second-order valence-electron chi connectivity index (χ2n) is 4.66. The average molecular weight is 358 g/mol. The minimum Gasteiger partial charge on any atom is -1.00 e. The zero-order chi connectivity index (χ0) is 15.8. The topological polar surface area (TPSA) is 63.6 Å². The molecule has 0 saturated heterocycles. The number of aliphatic hydroxyl groups is 1. The number of aliphatic hydroxyl groups excluding tert-OH is 1. The van der Waals surface area contributed by atoms with Gasteiger partial charge in [-0.15, -0.1) is 0 Å². The van der Waals surface area contributed by atoms with Crippen LogP contribution >= 0.6 is 11.6 Å². The van der Waals surface area contributed by atoms with Crippen LogP contribution < -0.4 is 27.2 Å². The van der Waals surface area contributed by atoms with E-state index >= 15 is 0 Å². The predicted molar refractivity (Wildman–Crippen MR) is 85.4 cm³/mol. The number of hydrogen-bond donors (Lipinski definition) is 2. The highest BCUT2D eigenvalue weighted by Gasteiger charge is 2.06. The van der Waals surface area contributed by atoms with Crippen LogP contribution in [-0.2, 0) is 13.2 Å². The van der Waals surface area contributed by atoms with Gasteiger partial charge in [0.05, 0.1) is 13.7 Å². The fraction of sp³-hybridized carbons (Fsp3) is 0.312. The van der Waals surface area contributed by atoms with Crippen LogP contribution in [0, 0.1) is 0 Å². The van der Waals surface area contributed by atoms with Crippen molar-refractivity contribution in [1.82, 2.24) is 10.3 Å². The molecule has 1 aromatic heterocycles. The lowest BCUT2D eigenvalue weighted by atomic mass is 10.2. The number of nitrogens with one attached hydrogen (secondary N) is 1. The van der Waals surface area contributed by atoms with Gasteiger partial charge in [-0.25, -0.2) is 4.98 Å². The summed E-state index contributed by atoms with van der Waals surface area (Å²) in [4.78, 5) is 4.02. The second-order valence-corrected chi connectivity index (χ2v) is 5.05. The maximum atomic E-state index is 8.76. The number of aromatic nitrogens is 1. The summed E-state index contributed by atoms with van der Waals surface area (Å²) in [6.45, 7) is 1.73. The van der Waals surface area contributed by atoms with Crippen molar-refractivity contribution in [2.45, 2.75) is 13.2 Å². The van der Waals surface area contributed by atoms with Crippen molar-refractivity contribution >= 4 is 11.6 Å². The van der Waals surface area contributed by atoms with E-state index in [-0.39, 0.29) is 19.0 Å². The van der Waals surface area contributed by atoms with Gasteiger partial charge in [0.15, 0.2) is 11.5 Å². The molecule has 23 heavy (non-hydrogen) atoms. The summed E-state index contributed by atoms with van der Waals surface area (Å²) in [5, 5.41) is 12.3. The van der Waals surface area contributed by atoms with E-state index in [0.717, 1.165) is 11.1 Å². The van der Waals surface area contributed by atoms with Crippen molar-refractivity contribution in [3.05, 3.63) is 52.8 Å². The van der Waals surface area contributed by atoms with E-state index in [1.807, 2.05) is 24.3 Å². The summed E-state index contributed by atoms with van der Waals surface area (Å²) in [5.74, 6) is 1.34. The fourth-order valence-corrected chi connectivity index (χ4v) is 2.02.